The second-order valence-electron chi connectivity index (χ2n) is 4.64. The van der Waals surface area contributed by atoms with Crippen molar-refractivity contribution in [3.05, 3.63) is 35.9 Å². The average molecular weight is 250 g/mol. The van der Waals surface area contributed by atoms with Crippen LogP contribution in [0.3, 0.4) is 0 Å². The molecular weight excluding hydrogens is 232 g/mol. The van der Waals surface area contributed by atoms with Crippen molar-refractivity contribution >= 4 is 11.9 Å². The topological polar surface area (TPSA) is 74.6 Å². The van der Waals surface area contributed by atoms with E-state index in [0.29, 0.717) is 6.42 Å². The van der Waals surface area contributed by atoms with E-state index in [4.69, 9.17) is 10.2 Å². The van der Waals surface area contributed by atoms with Crippen molar-refractivity contribution in [2.75, 3.05) is 0 Å². The molecule has 0 amide bonds. The van der Waals surface area contributed by atoms with E-state index in [1.807, 2.05) is 30.3 Å². The van der Waals surface area contributed by atoms with Crippen LogP contribution < -0.4 is 0 Å². The highest BCUT2D eigenvalue weighted by molar-refractivity contribution is 5.97. The van der Waals surface area contributed by atoms with Crippen molar-refractivity contribution in [3.8, 4) is 0 Å². The maximum atomic E-state index is 10.9. The summed E-state index contributed by atoms with van der Waals surface area (Å²) in [4.78, 5) is 21.9. The number of carboxylic acids is 2. The Morgan fingerprint density at radius 1 is 1.06 bits per heavy atom. The third-order valence-electron chi connectivity index (χ3n) is 3.18. The van der Waals surface area contributed by atoms with Gasteiger partial charge in [0.15, 0.2) is 5.41 Å². The molecule has 1 aromatic carbocycles. The minimum absolute atomic E-state index is 0.157. The number of benzene rings is 1. The molecule has 0 atom stereocenters. The molecule has 2 N–H and O–H groups in total. The van der Waals surface area contributed by atoms with Crippen LogP contribution in [0.4, 0.5) is 0 Å². The van der Waals surface area contributed by atoms with Crippen LogP contribution in [0, 0.1) is 5.41 Å². The molecule has 0 spiro atoms. The van der Waals surface area contributed by atoms with E-state index in [1.54, 1.807) is 0 Å². The molecule has 4 heteroatoms. The molecule has 0 bridgehead atoms. The molecule has 0 heterocycles. The Kier molecular flexibility index (Phi) is 4.89. The summed E-state index contributed by atoms with van der Waals surface area (Å²) < 4.78 is 0. The summed E-state index contributed by atoms with van der Waals surface area (Å²) in [6.45, 7) is 1.26. The molecule has 1 aromatic rings. The van der Waals surface area contributed by atoms with Gasteiger partial charge in [-0.2, -0.15) is 0 Å². The molecule has 0 saturated carbocycles. The number of aryl methyl sites for hydroxylation is 1. The smallest absolute Gasteiger partial charge is 0.320 e. The largest absolute Gasteiger partial charge is 0.480 e. The maximum absolute atomic E-state index is 10.9. The lowest BCUT2D eigenvalue weighted by molar-refractivity contribution is -0.163. The second kappa shape index (κ2) is 6.19. The Hall–Kier alpha value is -1.84. The van der Waals surface area contributed by atoms with Crippen LogP contribution in [0.2, 0.25) is 0 Å². The number of hydrogen-bond acceptors (Lipinski definition) is 2. The van der Waals surface area contributed by atoms with Gasteiger partial charge in [0.05, 0.1) is 0 Å². The fraction of sp³-hybridized carbons (Fsp3) is 0.429. The molecule has 0 unspecified atom stereocenters. The van der Waals surface area contributed by atoms with Crippen molar-refractivity contribution in [3.63, 3.8) is 0 Å². The number of aliphatic carboxylic acids is 2. The quantitative estimate of drug-likeness (QED) is 0.576. The lowest BCUT2D eigenvalue weighted by Crippen LogP contribution is -2.36. The zero-order valence-corrected chi connectivity index (χ0v) is 10.4. The predicted molar refractivity (Wildman–Crippen MR) is 67.4 cm³/mol. The van der Waals surface area contributed by atoms with E-state index in [-0.39, 0.29) is 6.42 Å². The van der Waals surface area contributed by atoms with Gasteiger partial charge in [-0.3, -0.25) is 9.59 Å². The number of rotatable bonds is 7. The highest BCUT2D eigenvalue weighted by Crippen LogP contribution is 2.25. The Morgan fingerprint density at radius 2 is 1.61 bits per heavy atom. The lowest BCUT2D eigenvalue weighted by atomic mass is 9.84. The zero-order chi connectivity index (χ0) is 13.6. The standard InChI is InChI=1S/C14H18O4/c1-14(12(15)16,13(17)18)10-6-5-9-11-7-3-2-4-8-11/h2-4,7-8H,5-6,9-10H2,1H3,(H,15,16)(H,17,18). The predicted octanol–water partition coefficient (Wildman–Crippen LogP) is 2.57. The van der Waals surface area contributed by atoms with Crippen LogP contribution in [0.25, 0.3) is 0 Å². The van der Waals surface area contributed by atoms with E-state index < -0.39 is 17.4 Å². The molecule has 98 valence electrons. The van der Waals surface area contributed by atoms with Crippen molar-refractivity contribution in [2.45, 2.75) is 32.6 Å². The fourth-order valence-corrected chi connectivity index (χ4v) is 1.76. The Bertz CT molecular complexity index is 397. The van der Waals surface area contributed by atoms with Gasteiger partial charge in [0.25, 0.3) is 0 Å². The second-order valence-corrected chi connectivity index (χ2v) is 4.64. The number of carbonyl (C=O) groups is 2. The highest BCUT2D eigenvalue weighted by Gasteiger charge is 2.40. The van der Waals surface area contributed by atoms with Crippen LogP contribution in [0.15, 0.2) is 30.3 Å². The van der Waals surface area contributed by atoms with Gasteiger partial charge in [-0.25, -0.2) is 0 Å². The number of hydrogen-bond donors (Lipinski definition) is 2. The van der Waals surface area contributed by atoms with Crippen LogP contribution >= 0.6 is 0 Å². The molecule has 0 aliphatic carbocycles. The minimum atomic E-state index is -1.67. The zero-order valence-electron chi connectivity index (χ0n) is 10.4. The van der Waals surface area contributed by atoms with Crippen molar-refractivity contribution < 1.29 is 19.8 Å². The monoisotopic (exact) mass is 250 g/mol. The Morgan fingerprint density at radius 3 is 2.11 bits per heavy atom. The molecule has 0 aliphatic rings. The van der Waals surface area contributed by atoms with Crippen LogP contribution in [0.1, 0.15) is 31.7 Å². The van der Waals surface area contributed by atoms with E-state index in [0.717, 1.165) is 12.8 Å². The Balaban J connectivity index is 2.41. The first-order chi connectivity index (χ1) is 8.47. The molecule has 0 fully saturated rings. The molecule has 1 rings (SSSR count). The first-order valence-electron chi connectivity index (χ1n) is 5.97. The van der Waals surface area contributed by atoms with E-state index in [9.17, 15) is 9.59 Å². The maximum Gasteiger partial charge on any atom is 0.320 e. The minimum Gasteiger partial charge on any atom is -0.480 e. The van der Waals surface area contributed by atoms with Crippen molar-refractivity contribution in [2.24, 2.45) is 5.41 Å². The molecule has 0 radical (unpaired) electrons. The third kappa shape index (κ3) is 3.58. The summed E-state index contributed by atoms with van der Waals surface area (Å²) in [6.07, 6.45) is 2.38. The van der Waals surface area contributed by atoms with Gasteiger partial charge in [0, 0.05) is 0 Å². The SMILES string of the molecule is CC(CCCCc1ccccc1)(C(=O)O)C(=O)O. The number of carboxylic acid groups (broad SMARTS) is 2. The van der Waals surface area contributed by atoms with Crippen molar-refractivity contribution in [1.82, 2.24) is 0 Å². The summed E-state index contributed by atoms with van der Waals surface area (Å²) >= 11 is 0. The fourth-order valence-electron chi connectivity index (χ4n) is 1.76. The summed E-state index contributed by atoms with van der Waals surface area (Å²) in [7, 11) is 0. The molecule has 18 heavy (non-hydrogen) atoms. The van der Waals surface area contributed by atoms with Gasteiger partial charge in [-0.15, -0.1) is 0 Å². The van der Waals surface area contributed by atoms with Crippen molar-refractivity contribution in [1.29, 1.82) is 0 Å². The average Bonchev–Trinajstić information content (AvgIpc) is 2.35. The van der Waals surface area contributed by atoms with E-state index >= 15 is 0 Å². The normalized spacial score (nSPS) is 11.2. The molecule has 0 aliphatic heterocycles. The summed E-state index contributed by atoms with van der Waals surface area (Å²) in [5, 5.41) is 17.9. The van der Waals surface area contributed by atoms with E-state index in [1.165, 1.54) is 12.5 Å². The van der Waals surface area contributed by atoms with Crippen LogP contribution in [0.5, 0.6) is 0 Å². The van der Waals surface area contributed by atoms with Gasteiger partial charge in [-0.1, -0.05) is 36.8 Å². The molecule has 0 saturated heterocycles. The lowest BCUT2D eigenvalue weighted by Gasteiger charge is -2.19. The Labute approximate surface area is 106 Å². The van der Waals surface area contributed by atoms with Crippen LogP contribution in [-0.4, -0.2) is 22.2 Å². The van der Waals surface area contributed by atoms with E-state index in [2.05, 4.69) is 0 Å². The molecule has 4 nitrogen and oxygen atoms in total. The van der Waals surface area contributed by atoms with Gasteiger partial charge in [0.2, 0.25) is 0 Å². The van der Waals surface area contributed by atoms with Gasteiger partial charge in [-0.05, 0) is 31.7 Å². The summed E-state index contributed by atoms with van der Waals surface area (Å²) in [6, 6.07) is 9.86. The van der Waals surface area contributed by atoms with Gasteiger partial charge < -0.3 is 10.2 Å². The summed E-state index contributed by atoms with van der Waals surface area (Å²) in [5.41, 5.74) is -0.485. The van der Waals surface area contributed by atoms with Gasteiger partial charge >= 0.3 is 11.9 Å². The number of unbranched alkanes of at least 4 members (excludes halogenated alkanes) is 1. The first-order valence-corrected chi connectivity index (χ1v) is 5.97. The van der Waals surface area contributed by atoms with Gasteiger partial charge in [0.1, 0.15) is 0 Å². The first kappa shape index (κ1) is 14.2. The third-order valence-corrected chi connectivity index (χ3v) is 3.18. The molecular formula is C14H18O4. The summed E-state index contributed by atoms with van der Waals surface area (Å²) in [5.74, 6) is -2.54. The molecule has 0 aromatic heterocycles. The highest BCUT2D eigenvalue weighted by atomic mass is 16.4. The van der Waals surface area contributed by atoms with Crippen LogP contribution in [-0.2, 0) is 16.0 Å².